The van der Waals surface area contributed by atoms with Crippen molar-refractivity contribution in [2.75, 3.05) is 20.8 Å². The number of aryl methyl sites for hydroxylation is 1. The highest BCUT2D eigenvalue weighted by molar-refractivity contribution is 5.99. The fourth-order valence-corrected chi connectivity index (χ4v) is 3.87. The van der Waals surface area contributed by atoms with Crippen LogP contribution < -0.4 is 21.1 Å². The number of ether oxygens (including phenoxy) is 2. The summed E-state index contributed by atoms with van der Waals surface area (Å²) in [4.78, 5) is 45.7. The molecule has 41 heavy (non-hydrogen) atoms. The lowest BCUT2D eigenvalue weighted by Gasteiger charge is -2.16. The van der Waals surface area contributed by atoms with Crippen LogP contribution >= 0.6 is 0 Å². The van der Waals surface area contributed by atoms with E-state index in [1.54, 1.807) is 6.92 Å². The van der Waals surface area contributed by atoms with Crippen LogP contribution in [0.5, 0.6) is 5.75 Å². The van der Waals surface area contributed by atoms with Gasteiger partial charge in [-0.05, 0) is 37.3 Å². The van der Waals surface area contributed by atoms with Crippen LogP contribution in [0.3, 0.4) is 0 Å². The van der Waals surface area contributed by atoms with Gasteiger partial charge in [-0.1, -0.05) is 0 Å². The number of nitrogens with two attached hydrogens (primary N) is 1. The van der Waals surface area contributed by atoms with Gasteiger partial charge in [0.2, 0.25) is 5.89 Å². The Bertz CT molecular complexity index is 1610. The highest BCUT2D eigenvalue weighted by atomic mass is 19.4. The van der Waals surface area contributed by atoms with E-state index in [9.17, 15) is 27.6 Å². The van der Waals surface area contributed by atoms with E-state index in [0.717, 1.165) is 13.2 Å². The van der Waals surface area contributed by atoms with Gasteiger partial charge in [0, 0.05) is 23.2 Å². The van der Waals surface area contributed by atoms with Crippen LogP contribution in [0.15, 0.2) is 34.7 Å². The zero-order valence-electron chi connectivity index (χ0n) is 21.9. The largest absolute Gasteiger partial charge is 0.494 e. The minimum atomic E-state index is -4.69. The van der Waals surface area contributed by atoms with Crippen molar-refractivity contribution in [3.05, 3.63) is 58.9 Å². The molecule has 1 atom stereocenters. The van der Waals surface area contributed by atoms with E-state index in [-0.39, 0.29) is 58.3 Å². The lowest BCUT2D eigenvalue weighted by Crippen LogP contribution is -2.49. The topological polar surface area (TPSA) is 187 Å². The first-order chi connectivity index (χ1) is 19.5. The second-order valence-electron chi connectivity index (χ2n) is 8.60. The van der Waals surface area contributed by atoms with Crippen LogP contribution in [0.4, 0.5) is 13.2 Å². The molecule has 4 rings (SSSR count). The number of methoxy groups -OCH3 is 2. The van der Waals surface area contributed by atoms with Gasteiger partial charge >= 0.3 is 12.1 Å². The number of carbonyl (C=O) groups excluding carboxylic acids is 3. The number of carbonyl (C=O) groups is 3. The normalized spacial score (nSPS) is 12.2. The van der Waals surface area contributed by atoms with Crippen molar-refractivity contribution >= 4 is 28.7 Å². The number of rotatable bonds is 9. The van der Waals surface area contributed by atoms with Crippen molar-refractivity contribution in [3.63, 3.8) is 0 Å². The second kappa shape index (κ2) is 11.6. The molecule has 13 nitrogen and oxygen atoms in total. The van der Waals surface area contributed by atoms with Gasteiger partial charge < -0.3 is 30.3 Å². The molecule has 4 aromatic rings. The molecular weight excluding hydrogens is 551 g/mol. The molecular formula is C25H24F3N7O6. The van der Waals surface area contributed by atoms with Crippen molar-refractivity contribution in [1.29, 1.82) is 0 Å². The molecule has 1 unspecified atom stereocenters. The number of benzene rings is 1. The number of pyridine rings is 1. The average molecular weight is 576 g/mol. The SMILES string of the molecule is COC(=O)C(CNC(=O)c1cc(C)[nH]n1)NC(=O)c1nc(-c2ccc(OC)c3nc(C(F)(F)F)ccc23)oc1CN. The van der Waals surface area contributed by atoms with Crippen molar-refractivity contribution < 1.29 is 41.4 Å². The number of hydrogen-bond acceptors (Lipinski definition) is 10. The predicted molar refractivity (Wildman–Crippen MR) is 136 cm³/mol. The Hall–Kier alpha value is -4.99. The summed E-state index contributed by atoms with van der Waals surface area (Å²) in [5.74, 6) is -2.47. The van der Waals surface area contributed by atoms with Crippen molar-refractivity contribution in [3.8, 4) is 17.2 Å². The monoisotopic (exact) mass is 575 g/mol. The van der Waals surface area contributed by atoms with Gasteiger partial charge in [-0.25, -0.2) is 14.8 Å². The van der Waals surface area contributed by atoms with Crippen molar-refractivity contribution in [2.45, 2.75) is 25.7 Å². The maximum absolute atomic E-state index is 13.3. The van der Waals surface area contributed by atoms with E-state index < -0.39 is 35.7 Å². The molecule has 16 heteroatoms. The Morgan fingerprint density at radius 3 is 2.49 bits per heavy atom. The van der Waals surface area contributed by atoms with E-state index in [2.05, 4.69) is 30.8 Å². The molecule has 3 heterocycles. The van der Waals surface area contributed by atoms with E-state index >= 15 is 0 Å². The maximum atomic E-state index is 13.3. The minimum Gasteiger partial charge on any atom is -0.494 e. The molecule has 0 aliphatic heterocycles. The third-order valence-electron chi connectivity index (χ3n) is 5.86. The summed E-state index contributed by atoms with van der Waals surface area (Å²) in [6, 6.07) is 5.01. The molecule has 0 saturated heterocycles. The standard InChI is InChI=1S/C25H24F3N7O6/c1-11-8-14(35-34-11)21(36)30-10-15(24(38)40-3)31-22(37)20-17(9-29)41-23(33-20)13-4-6-16(39-2)19-12(13)5-7-18(32-19)25(26,27)28/h4-8,15H,9-10,29H2,1-3H3,(H,30,36)(H,31,37)(H,34,35). The summed E-state index contributed by atoms with van der Waals surface area (Å²) in [5, 5.41) is 11.6. The minimum absolute atomic E-state index is 0.0685. The summed E-state index contributed by atoms with van der Waals surface area (Å²) in [6.07, 6.45) is -4.69. The quantitative estimate of drug-likeness (QED) is 0.215. The molecule has 0 aliphatic rings. The smallest absolute Gasteiger partial charge is 0.433 e. The predicted octanol–water partition coefficient (Wildman–Crippen LogP) is 2.11. The molecule has 1 aromatic carbocycles. The number of oxazole rings is 1. The molecule has 0 bridgehead atoms. The molecule has 5 N–H and O–H groups in total. The Morgan fingerprint density at radius 2 is 1.88 bits per heavy atom. The number of fused-ring (bicyclic) bond motifs is 1. The molecule has 0 spiro atoms. The summed E-state index contributed by atoms with van der Waals surface area (Å²) in [5.41, 5.74) is 5.17. The number of hydrogen-bond donors (Lipinski definition) is 4. The Labute approximate surface area is 229 Å². The van der Waals surface area contributed by atoms with Crippen LogP contribution in [0.1, 0.15) is 38.1 Å². The first kappa shape index (κ1) is 29.0. The third kappa shape index (κ3) is 6.11. The van der Waals surface area contributed by atoms with Gasteiger partial charge in [0.25, 0.3) is 11.8 Å². The summed E-state index contributed by atoms with van der Waals surface area (Å²) < 4.78 is 55.5. The lowest BCUT2D eigenvalue weighted by atomic mass is 10.1. The van der Waals surface area contributed by atoms with Gasteiger partial charge in [0.05, 0.1) is 20.8 Å². The zero-order chi connectivity index (χ0) is 29.9. The van der Waals surface area contributed by atoms with E-state index in [1.807, 2.05) is 0 Å². The molecule has 0 aliphatic carbocycles. The molecule has 2 amide bonds. The van der Waals surface area contributed by atoms with Gasteiger partial charge in [-0.2, -0.15) is 18.3 Å². The van der Waals surface area contributed by atoms with E-state index in [1.165, 1.54) is 31.4 Å². The number of amides is 2. The molecule has 0 saturated carbocycles. The van der Waals surface area contributed by atoms with Gasteiger partial charge in [0.1, 0.15) is 28.7 Å². The van der Waals surface area contributed by atoms with Crippen LogP contribution in [-0.4, -0.2) is 64.8 Å². The maximum Gasteiger partial charge on any atom is 0.433 e. The second-order valence-corrected chi connectivity index (χ2v) is 8.60. The molecule has 0 radical (unpaired) electrons. The number of nitrogens with one attached hydrogen (secondary N) is 3. The van der Waals surface area contributed by atoms with Crippen LogP contribution in [0, 0.1) is 6.92 Å². The molecule has 3 aromatic heterocycles. The average Bonchev–Trinajstić information content (AvgIpc) is 3.59. The van der Waals surface area contributed by atoms with Gasteiger partial charge in [-0.15, -0.1) is 0 Å². The highest BCUT2D eigenvalue weighted by Gasteiger charge is 2.33. The fraction of sp³-hybridized carbons (Fsp3) is 0.280. The zero-order valence-corrected chi connectivity index (χ0v) is 21.9. The molecule has 0 fully saturated rings. The fourth-order valence-electron chi connectivity index (χ4n) is 3.87. The third-order valence-corrected chi connectivity index (χ3v) is 5.86. The lowest BCUT2D eigenvalue weighted by molar-refractivity contribution is -0.143. The first-order valence-corrected chi connectivity index (χ1v) is 11.9. The number of aromatic nitrogens is 4. The van der Waals surface area contributed by atoms with E-state index in [0.29, 0.717) is 5.69 Å². The Balaban J connectivity index is 1.63. The summed E-state index contributed by atoms with van der Waals surface area (Å²) >= 11 is 0. The number of nitrogens with zero attached hydrogens (tertiary/aromatic N) is 3. The molecule has 216 valence electrons. The van der Waals surface area contributed by atoms with Crippen molar-refractivity contribution in [2.24, 2.45) is 5.73 Å². The van der Waals surface area contributed by atoms with Crippen LogP contribution in [0.2, 0.25) is 0 Å². The highest BCUT2D eigenvalue weighted by Crippen LogP contribution is 2.36. The number of H-pyrrole nitrogens is 1. The Kier molecular flexibility index (Phi) is 8.23. The van der Waals surface area contributed by atoms with E-state index in [4.69, 9.17) is 19.6 Å². The van der Waals surface area contributed by atoms with Gasteiger partial charge in [0.15, 0.2) is 11.5 Å². The first-order valence-electron chi connectivity index (χ1n) is 11.9. The van der Waals surface area contributed by atoms with Crippen LogP contribution in [0.25, 0.3) is 22.4 Å². The van der Waals surface area contributed by atoms with Gasteiger partial charge in [-0.3, -0.25) is 14.7 Å². The Morgan fingerprint density at radius 1 is 1.12 bits per heavy atom. The number of aromatic amines is 1. The number of esters is 1. The van der Waals surface area contributed by atoms with Crippen LogP contribution in [-0.2, 0) is 22.3 Å². The summed E-state index contributed by atoms with van der Waals surface area (Å²) in [6.45, 7) is 1.08. The number of alkyl halides is 3. The number of halogens is 3. The van der Waals surface area contributed by atoms with Crippen molar-refractivity contribution in [1.82, 2.24) is 30.8 Å². The summed E-state index contributed by atoms with van der Waals surface area (Å²) in [7, 11) is 2.39.